The normalized spacial score (nSPS) is 14.6. The monoisotopic (exact) mass is 244 g/mol. The van der Waals surface area contributed by atoms with Crippen LogP contribution in [0.15, 0.2) is 18.6 Å². The van der Waals surface area contributed by atoms with Crippen LogP contribution in [0.4, 0.5) is 0 Å². The van der Waals surface area contributed by atoms with Crippen molar-refractivity contribution in [2.24, 2.45) is 0 Å². The van der Waals surface area contributed by atoms with Crippen molar-refractivity contribution in [1.29, 1.82) is 0 Å². The van der Waals surface area contributed by atoms with Gasteiger partial charge in [-0.2, -0.15) is 10.2 Å². The number of aryl methyl sites for hydroxylation is 2. The van der Waals surface area contributed by atoms with Gasteiger partial charge in [-0.15, -0.1) is 11.3 Å². The van der Waals surface area contributed by atoms with E-state index in [1.807, 2.05) is 16.9 Å². The first-order valence-corrected chi connectivity index (χ1v) is 6.63. The minimum atomic E-state index is 1.07. The maximum Gasteiger partial charge on any atom is 0.122 e. The van der Waals surface area contributed by atoms with Crippen molar-refractivity contribution in [2.75, 3.05) is 0 Å². The molecular formula is C12H12N4S. The molecule has 0 N–H and O–H groups in total. The van der Waals surface area contributed by atoms with Gasteiger partial charge >= 0.3 is 0 Å². The highest BCUT2D eigenvalue weighted by molar-refractivity contribution is 7.20. The van der Waals surface area contributed by atoms with Crippen molar-refractivity contribution in [3.8, 4) is 10.4 Å². The Morgan fingerprint density at radius 2 is 2.24 bits per heavy atom. The first-order valence-electron chi connectivity index (χ1n) is 5.82. The van der Waals surface area contributed by atoms with E-state index in [0.29, 0.717) is 0 Å². The smallest absolute Gasteiger partial charge is 0.122 e. The fourth-order valence-electron chi connectivity index (χ4n) is 2.49. The SMILES string of the molecule is Cc1cnn2cc(-c3cnn4c3CCC4)sc12. The topological polar surface area (TPSA) is 35.1 Å². The zero-order valence-corrected chi connectivity index (χ0v) is 10.4. The molecule has 0 atom stereocenters. The van der Waals surface area contributed by atoms with E-state index in [4.69, 9.17) is 0 Å². The molecule has 4 nitrogen and oxygen atoms in total. The van der Waals surface area contributed by atoms with E-state index in [9.17, 15) is 0 Å². The fraction of sp³-hybridized carbons (Fsp3) is 0.333. The van der Waals surface area contributed by atoms with Crippen LogP contribution >= 0.6 is 11.3 Å². The zero-order chi connectivity index (χ0) is 11.4. The lowest BCUT2D eigenvalue weighted by atomic mass is 10.2. The molecule has 4 rings (SSSR count). The highest BCUT2D eigenvalue weighted by atomic mass is 32.1. The Hall–Kier alpha value is -1.62. The van der Waals surface area contributed by atoms with Crippen LogP contribution in [-0.4, -0.2) is 19.4 Å². The van der Waals surface area contributed by atoms with Crippen LogP contribution in [0, 0.1) is 6.92 Å². The molecule has 0 bridgehead atoms. The number of rotatable bonds is 1. The van der Waals surface area contributed by atoms with Crippen LogP contribution in [0.25, 0.3) is 15.3 Å². The maximum absolute atomic E-state index is 4.44. The van der Waals surface area contributed by atoms with Gasteiger partial charge in [-0.05, 0) is 19.8 Å². The molecule has 3 aromatic heterocycles. The number of aromatic nitrogens is 4. The summed E-state index contributed by atoms with van der Waals surface area (Å²) in [6, 6.07) is 0. The van der Waals surface area contributed by atoms with Crippen LogP contribution in [0.3, 0.4) is 0 Å². The maximum atomic E-state index is 4.44. The Balaban J connectivity index is 1.93. The number of nitrogens with zero attached hydrogens (tertiary/aromatic N) is 4. The Morgan fingerprint density at radius 3 is 3.12 bits per heavy atom. The molecule has 0 unspecified atom stereocenters. The minimum absolute atomic E-state index is 1.07. The van der Waals surface area contributed by atoms with Gasteiger partial charge < -0.3 is 0 Å². The summed E-state index contributed by atoms with van der Waals surface area (Å²) >= 11 is 1.80. The van der Waals surface area contributed by atoms with Gasteiger partial charge in [0.15, 0.2) is 0 Å². The predicted molar refractivity (Wildman–Crippen MR) is 67.3 cm³/mol. The average molecular weight is 244 g/mol. The highest BCUT2D eigenvalue weighted by Crippen LogP contribution is 2.34. The molecule has 0 fully saturated rings. The Morgan fingerprint density at radius 1 is 1.29 bits per heavy atom. The van der Waals surface area contributed by atoms with Crippen molar-refractivity contribution in [1.82, 2.24) is 19.4 Å². The third kappa shape index (κ3) is 1.23. The van der Waals surface area contributed by atoms with E-state index in [1.165, 1.54) is 32.9 Å². The minimum Gasteiger partial charge on any atom is -0.269 e. The molecule has 5 heteroatoms. The molecule has 0 aromatic carbocycles. The number of fused-ring (bicyclic) bond motifs is 2. The van der Waals surface area contributed by atoms with E-state index in [-0.39, 0.29) is 0 Å². The lowest BCUT2D eigenvalue weighted by molar-refractivity contribution is 0.656. The van der Waals surface area contributed by atoms with E-state index in [2.05, 4.69) is 28.0 Å². The van der Waals surface area contributed by atoms with Crippen molar-refractivity contribution < 1.29 is 0 Å². The van der Waals surface area contributed by atoms with Gasteiger partial charge in [-0.25, -0.2) is 4.52 Å². The lowest BCUT2D eigenvalue weighted by Gasteiger charge is -1.95. The van der Waals surface area contributed by atoms with E-state index < -0.39 is 0 Å². The molecule has 0 aliphatic carbocycles. The zero-order valence-electron chi connectivity index (χ0n) is 9.55. The van der Waals surface area contributed by atoms with E-state index >= 15 is 0 Å². The van der Waals surface area contributed by atoms with Crippen molar-refractivity contribution in [3.05, 3.63) is 29.8 Å². The number of hydrogen-bond acceptors (Lipinski definition) is 3. The second-order valence-corrected chi connectivity index (χ2v) is 5.53. The number of thiazole rings is 1. The molecule has 0 amide bonds. The lowest BCUT2D eigenvalue weighted by Crippen LogP contribution is -1.92. The average Bonchev–Trinajstić information content (AvgIpc) is 2.99. The summed E-state index contributed by atoms with van der Waals surface area (Å²) in [5.41, 5.74) is 3.91. The third-order valence-electron chi connectivity index (χ3n) is 3.37. The quantitative estimate of drug-likeness (QED) is 0.659. The molecule has 0 saturated carbocycles. The summed E-state index contributed by atoms with van der Waals surface area (Å²) in [6.45, 7) is 3.17. The molecule has 1 aliphatic heterocycles. The summed E-state index contributed by atoms with van der Waals surface area (Å²) < 4.78 is 4.10. The van der Waals surface area contributed by atoms with Gasteiger partial charge in [0.2, 0.25) is 0 Å². The second kappa shape index (κ2) is 3.20. The summed E-state index contributed by atoms with van der Waals surface area (Å²) in [5.74, 6) is 0. The van der Waals surface area contributed by atoms with Gasteiger partial charge in [-0.3, -0.25) is 4.68 Å². The summed E-state index contributed by atoms with van der Waals surface area (Å²) in [4.78, 5) is 2.51. The molecule has 1 aliphatic rings. The fourth-order valence-corrected chi connectivity index (χ4v) is 3.54. The van der Waals surface area contributed by atoms with Crippen molar-refractivity contribution in [3.63, 3.8) is 0 Å². The van der Waals surface area contributed by atoms with Crippen LogP contribution in [0.5, 0.6) is 0 Å². The van der Waals surface area contributed by atoms with Crippen LogP contribution in [0.2, 0.25) is 0 Å². The molecule has 86 valence electrons. The standard InChI is InChI=1S/C12H12N4S/c1-8-5-13-16-7-11(17-12(8)16)9-6-14-15-4-2-3-10(9)15/h5-7H,2-4H2,1H3. The van der Waals surface area contributed by atoms with Gasteiger partial charge in [0.1, 0.15) is 4.83 Å². The van der Waals surface area contributed by atoms with E-state index in [1.54, 1.807) is 11.3 Å². The molecular weight excluding hydrogens is 232 g/mol. The Labute approximate surface area is 102 Å². The third-order valence-corrected chi connectivity index (χ3v) is 4.61. The van der Waals surface area contributed by atoms with Crippen LogP contribution < -0.4 is 0 Å². The Bertz CT molecular complexity index is 703. The van der Waals surface area contributed by atoms with Gasteiger partial charge in [0.05, 0.1) is 17.3 Å². The summed E-state index contributed by atoms with van der Waals surface area (Å²) in [7, 11) is 0. The molecule has 3 aromatic rings. The first kappa shape index (κ1) is 9.41. The van der Waals surface area contributed by atoms with E-state index in [0.717, 1.165) is 13.0 Å². The predicted octanol–water partition coefficient (Wildman–Crippen LogP) is 2.51. The van der Waals surface area contributed by atoms with Crippen molar-refractivity contribution >= 4 is 16.2 Å². The highest BCUT2D eigenvalue weighted by Gasteiger charge is 2.19. The molecule has 4 heterocycles. The Kier molecular flexibility index (Phi) is 1.77. The molecule has 0 saturated heterocycles. The van der Waals surface area contributed by atoms with Crippen molar-refractivity contribution in [2.45, 2.75) is 26.3 Å². The molecule has 0 radical (unpaired) electrons. The van der Waals surface area contributed by atoms with Gasteiger partial charge in [0, 0.05) is 29.6 Å². The first-order chi connectivity index (χ1) is 8.33. The molecule has 17 heavy (non-hydrogen) atoms. The molecule has 0 spiro atoms. The van der Waals surface area contributed by atoms with Crippen LogP contribution in [0.1, 0.15) is 17.7 Å². The summed E-state index contributed by atoms with van der Waals surface area (Å²) in [5, 5.41) is 8.79. The largest absolute Gasteiger partial charge is 0.269 e. The van der Waals surface area contributed by atoms with Gasteiger partial charge in [-0.1, -0.05) is 0 Å². The second-order valence-electron chi connectivity index (χ2n) is 4.50. The summed E-state index contributed by atoms with van der Waals surface area (Å²) in [6.07, 6.45) is 8.39. The van der Waals surface area contributed by atoms with Gasteiger partial charge in [0.25, 0.3) is 0 Å². The number of hydrogen-bond donors (Lipinski definition) is 0. The van der Waals surface area contributed by atoms with Crippen LogP contribution in [-0.2, 0) is 13.0 Å².